The highest BCUT2D eigenvalue weighted by molar-refractivity contribution is 7.99. The van der Waals surface area contributed by atoms with Crippen molar-refractivity contribution < 1.29 is 14.3 Å². The standard InChI is InChI=1S/C21H21N3O3S/c1-15-5-2-3-6-17(15)24-10-9-22-21(24)28-14-20(25)23-16-7-8-18-19(13-16)27-12-4-11-26-18/h2-3,5-10,13H,4,11-12,14H2,1H3,(H,23,25). The zero-order valence-corrected chi connectivity index (χ0v) is 16.4. The number of rotatable bonds is 5. The van der Waals surface area contributed by atoms with Gasteiger partial charge in [0.05, 0.1) is 24.7 Å². The number of ether oxygens (including phenoxy) is 2. The molecule has 2 aromatic carbocycles. The number of anilines is 1. The molecule has 1 aromatic heterocycles. The maximum Gasteiger partial charge on any atom is 0.234 e. The maximum absolute atomic E-state index is 12.4. The van der Waals surface area contributed by atoms with Gasteiger partial charge in [0.25, 0.3) is 0 Å². The summed E-state index contributed by atoms with van der Waals surface area (Å²) in [5, 5.41) is 3.69. The molecule has 3 aromatic rings. The number of carbonyl (C=O) groups is 1. The molecule has 1 aliphatic heterocycles. The molecular formula is C21H21N3O3S. The molecule has 2 heterocycles. The summed E-state index contributed by atoms with van der Waals surface area (Å²) in [6, 6.07) is 13.6. The van der Waals surface area contributed by atoms with Crippen LogP contribution in [0.3, 0.4) is 0 Å². The first-order valence-corrected chi connectivity index (χ1v) is 10.1. The van der Waals surface area contributed by atoms with Crippen LogP contribution < -0.4 is 14.8 Å². The minimum Gasteiger partial charge on any atom is -0.490 e. The molecule has 0 aliphatic carbocycles. The molecule has 1 N–H and O–H groups in total. The van der Waals surface area contributed by atoms with Crippen molar-refractivity contribution in [2.75, 3.05) is 24.3 Å². The molecule has 6 nitrogen and oxygen atoms in total. The zero-order valence-electron chi connectivity index (χ0n) is 15.6. The van der Waals surface area contributed by atoms with Gasteiger partial charge in [-0.25, -0.2) is 4.98 Å². The normalized spacial score (nSPS) is 13.0. The average molecular weight is 395 g/mol. The number of imidazole rings is 1. The number of carbonyl (C=O) groups excluding carboxylic acids is 1. The number of nitrogens with zero attached hydrogens (tertiary/aromatic N) is 2. The Labute approximate surface area is 167 Å². The molecule has 0 spiro atoms. The Morgan fingerprint density at radius 3 is 2.86 bits per heavy atom. The molecule has 0 atom stereocenters. The average Bonchev–Trinajstić information content (AvgIpc) is 3.03. The van der Waals surface area contributed by atoms with E-state index in [1.807, 2.05) is 41.1 Å². The molecule has 0 saturated heterocycles. The first-order chi connectivity index (χ1) is 13.7. The Morgan fingerprint density at radius 2 is 2.00 bits per heavy atom. The third-order valence-corrected chi connectivity index (χ3v) is 5.31. The topological polar surface area (TPSA) is 65.4 Å². The van der Waals surface area contributed by atoms with Crippen LogP contribution in [0.2, 0.25) is 0 Å². The van der Waals surface area contributed by atoms with Gasteiger partial charge in [0, 0.05) is 30.6 Å². The van der Waals surface area contributed by atoms with E-state index in [0.717, 1.165) is 22.8 Å². The van der Waals surface area contributed by atoms with Crippen LogP contribution in [0, 0.1) is 6.92 Å². The highest BCUT2D eigenvalue weighted by Crippen LogP contribution is 2.32. The van der Waals surface area contributed by atoms with Crippen molar-refractivity contribution in [3.8, 4) is 17.2 Å². The third-order valence-electron chi connectivity index (χ3n) is 4.35. The highest BCUT2D eigenvalue weighted by Gasteiger charge is 2.13. The molecular weight excluding hydrogens is 374 g/mol. The lowest BCUT2D eigenvalue weighted by Crippen LogP contribution is -2.14. The Hall–Kier alpha value is -2.93. The maximum atomic E-state index is 12.4. The minimum absolute atomic E-state index is 0.0983. The lowest BCUT2D eigenvalue weighted by molar-refractivity contribution is -0.113. The molecule has 0 saturated carbocycles. The van der Waals surface area contributed by atoms with Crippen LogP contribution in [0.4, 0.5) is 5.69 Å². The van der Waals surface area contributed by atoms with Crippen molar-refractivity contribution in [2.45, 2.75) is 18.5 Å². The Morgan fingerprint density at radius 1 is 1.18 bits per heavy atom. The van der Waals surface area contributed by atoms with Crippen LogP contribution in [-0.4, -0.2) is 34.4 Å². The second-order valence-corrected chi connectivity index (χ2v) is 7.36. The van der Waals surface area contributed by atoms with Crippen molar-refractivity contribution in [1.82, 2.24) is 9.55 Å². The molecule has 144 valence electrons. The molecule has 0 fully saturated rings. The quantitative estimate of drug-likeness (QED) is 0.660. The minimum atomic E-state index is -0.0983. The number of thioether (sulfide) groups is 1. The van der Waals surface area contributed by atoms with Gasteiger partial charge in [0.15, 0.2) is 16.7 Å². The smallest absolute Gasteiger partial charge is 0.234 e. The summed E-state index contributed by atoms with van der Waals surface area (Å²) in [6.07, 6.45) is 4.50. The fourth-order valence-corrected chi connectivity index (χ4v) is 3.75. The van der Waals surface area contributed by atoms with Gasteiger partial charge in [0.2, 0.25) is 5.91 Å². The monoisotopic (exact) mass is 395 g/mol. The largest absolute Gasteiger partial charge is 0.490 e. The molecule has 0 unspecified atom stereocenters. The number of aromatic nitrogens is 2. The van der Waals surface area contributed by atoms with Gasteiger partial charge in [-0.1, -0.05) is 30.0 Å². The summed E-state index contributed by atoms with van der Waals surface area (Å²) in [5.41, 5.74) is 2.90. The van der Waals surface area contributed by atoms with Crippen LogP contribution in [0.15, 0.2) is 60.0 Å². The summed E-state index contributed by atoms with van der Waals surface area (Å²) in [5.74, 6) is 1.54. The summed E-state index contributed by atoms with van der Waals surface area (Å²) >= 11 is 1.40. The molecule has 1 aliphatic rings. The molecule has 4 rings (SSSR count). The number of hydrogen-bond donors (Lipinski definition) is 1. The van der Waals surface area contributed by atoms with Crippen LogP contribution in [0.5, 0.6) is 11.5 Å². The fourth-order valence-electron chi connectivity index (χ4n) is 2.98. The van der Waals surface area contributed by atoms with E-state index in [2.05, 4.69) is 23.3 Å². The van der Waals surface area contributed by atoms with Gasteiger partial charge < -0.3 is 14.8 Å². The predicted molar refractivity (Wildman–Crippen MR) is 110 cm³/mol. The van der Waals surface area contributed by atoms with Gasteiger partial charge in [-0.15, -0.1) is 0 Å². The lowest BCUT2D eigenvalue weighted by atomic mass is 10.2. The third kappa shape index (κ3) is 4.14. The summed E-state index contributed by atoms with van der Waals surface area (Å²) in [7, 11) is 0. The van der Waals surface area contributed by atoms with Gasteiger partial charge in [-0.3, -0.25) is 9.36 Å². The van der Waals surface area contributed by atoms with Crippen molar-refractivity contribution >= 4 is 23.4 Å². The van der Waals surface area contributed by atoms with Gasteiger partial charge in [-0.2, -0.15) is 0 Å². The predicted octanol–water partition coefficient (Wildman–Crippen LogP) is 4.07. The van der Waals surface area contributed by atoms with Crippen molar-refractivity contribution in [3.05, 3.63) is 60.4 Å². The van der Waals surface area contributed by atoms with E-state index in [0.29, 0.717) is 30.4 Å². The Bertz CT molecular complexity index is 987. The Kier molecular flexibility index (Phi) is 5.53. The first kappa shape index (κ1) is 18.4. The first-order valence-electron chi connectivity index (χ1n) is 9.12. The SMILES string of the molecule is Cc1ccccc1-n1ccnc1SCC(=O)Nc1ccc2c(c1)OCCCO2. The summed E-state index contributed by atoms with van der Waals surface area (Å²) in [6.45, 7) is 3.31. The fraction of sp³-hybridized carbons (Fsp3) is 0.238. The van der Waals surface area contributed by atoms with Crippen LogP contribution in [-0.2, 0) is 4.79 Å². The molecule has 0 bridgehead atoms. The summed E-state index contributed by atoms with van der Waals surface area (Å²) in [4.78, 5) is 16.8. The second-order valence-electron chi connectivity index (χ2n) is 6.42. The molecule has 1 amide bonds. The van der Waals surface area contributed by atoms with Crippen molar-refractivity contribution in [3.63, 3.8) is 0 Å². The zero-order chi connectivity index (χ0) is 19.3. The van der Waals surface area contributed by atoms with E-state index in [1.54, 1.807) is 12.3 Å². The van der Waals surface area contributed by atoms with E-state index in [-0.39, 0.29) is 11.7 Å². The van der Waals surface area contributed by atoms with E-state index >= 15 is 0 Å². The number of nitrogens with one attached hydrogen (secondary N) is 1. The molecule has 7 heteroatoms. The summed E-state index contributed by atoms with van der Waals surface area (Å²) < 4.78 is 13.3. The van der Waals surface area contributed by atoms with Crippen LogP contribution in [0.1, 0.15) is 12.0 Å². The Balaban J connectivity index is 1.40. The van der Waals surface area contributed by atoms with E-state index in [9.17, 15) is 4.79 Å². The van der Waals surface area contributed by atoms with E-state index in [4.69, 9.17) is 9.47 Å². The van der Waals surface area contributed by atoms with E-state index < -0.39 is 0 Å². The number of amides is 1. The number of fused-ring (bicyclic) bond motifs is 1. The van der Waals surface area contributed by atoms with Crippen molar-refractivity contribution in [2.24, 2.45) is 0 Å². The van der Waals surface area contributed by atoms with Gasteiger partial charge >= 0.3 is 0 Å². The number of hydrogen-bond acceptors (Lipinski definition) is 5. The number of benzene rings is 2. The van der Waals surface area contributed by atoms with Crippen LogP contribution in [0.25, 0.3) is 5.69 Å². The van der Waals surface area contributed by atoms with E-state index in [1.165, 1.54) is 11.8 Å². The molecule has 28 heavy (non-hydrogen) atoms. The second kappa shape index (κ2) is 8.39. The van der Waals surface area contributed by atoms with Gasteiger partial charge in [-0.05, 0) is 30.7 Å². The van der Waals surface area contributed by atoms with Crippen LogP contribution >= 0.6 is 11.8 Å². The number of aryl methyl sites for hydroxylation is 1. The lowest BCUT2D eigenvalue weighted by Gasteiger charge is -2.11. The van der Waals surface area contributed by atoms with Gasteiger partial charge in [0.1, 0.15) is 0 Å². The highest BCUT2D eigenvalue weighted by atomic mass is 32.2. The van der Waals surface area contributed by atoms with Crippen molar-refractivity contribution in [1.29, 1.82) is 0 Å². The number of para-hydroxylation sites is 1. The molecule has 0 radical (unpaired) electrons.